The molecule has 0 saturated heterocycles. The maximum Gasteiger partial charge on any atom is 0.328 e. The number of hydrogen-bond acceptors (Lipinski definition) is 4. The van der Waals surface area contributed by atoms with Gasteiger partial charge in [0.25, 0.3) is 0 Å². The van der Waals surface area contributed by atoms with E-state index >= 15 is 0 Å². The van der Waals surface area contributed by atoms with E-state index < -0.39 is 6.04 Å². The summed E-state index contributed by atoms with van der Waals surface area (Å²) in [6.45, 7) is 1.74. The van der Waals surface area contributed by atoms with Crippen LogP contribution in [0.3, 0.4) is 0 Å². The summed E-state index contributed by atoms with van der Waals surface area (Å²) >= 11 is 5.95. The second-order valence-electron chi connectivity index (χ2n) is 6.30. The molecule has 0 amide bonds. The first-order valence-corrected chi connectivity index (χ1v) is 8.99. The molecule has 0 aliphatic carbocycles. The fraction of sp³-hybridized carbons (Fsp3) is 0.182. The van der Waals surface area contributed by atoms with Crippen LogP contribution in [-0.2, 0) is 9.53 Å². The van der Waals surface area contributed by atoms with Crippen LogP contribution in [0.15, 0.2) is 78.6 Å². The minimum atomic E-state index is -0.531. The summed E-state index contributed by atoms with van der Waals surface area (Å²) in [5.74, 6) is -0.672. The number of Topliss-reactive ketones (excluding diaryl/α,β-unsaturated/α-hetero) is 1. The summed E-state index contributed by atoms with van der Waals surface area (Å²) in [6, 6.07) is 16.1. The molecular weight excluding hydrogens is 362 g/mol. The fourth-order valence-corrected chi connectivity index (χ4v) is 3.15. The van der Waals surface area contributed by atoms with Gasteiger partial charge >= 0.3 is 5.97 Å². The summed E-state index contributed by atoms with van der Waals surface area (Å²) in [7, 11) is 1.35. The topological polar surface area (TPSA) is 46.6 Å². The van der Waals surface area contributed by atoms with E-state index in [0.717, 1.165) is 5.56 Å². The van der Waals surface area contributed by atoms with Crippen LogP contribution in [0.2, 0.25) is 5.02 Å². The van der Waals surface area contributed by atoms with Crippen LogP contribution < -0.4 is 0 Å². The Kier molecular flexibility index (Phi) is 5.77. The van der Waals surface area contributed by atoms with Gasteiger partial charge in [-0.05, 0) is 36.8 Å². The predicted octanol–water partition coefficient (Wildman–Crippen LogP) is 4.58. The molecule has 2 unspecified atom stereocenters. The largest absolute Gasteiger partial charge is 0.467 e. The minimum absolute atomic E-state index is 0.105. The molecule has 1 aliphatic rings. The molecule has 5 heteroatoms. The molecule has 0 fully saturated rings. The highest BCUT2D eigenvalue weighted by Gasteiger charge is 2.28. The van der Waals surface area contributed by atoms with Gasteiger partial charge in [0.2, 0.25) is 0 Å². The predicted molar refractivity (Wildman–Crippen MR) is 106 cm³/mol. The zero-order chi connectivity index (χ0) is 19.4. The van der Waals surface area contributed by atoms with Gasteiger partial charge in [-0.15, -0.1) is 0 Å². The summed E-state index contributed by atoms with van der Waals surface area (Å²) in [5, 5.41) is 0.574. The third-order valence-corrected chi connectivity index (χ3v) is 4.84. The van der Waals surface area contributed by atoms with E-state index in [9.17, 15) is 9.59 Å². The number of halogens is 1. The average molecular weight is 382 g/mol. The smallest absolute Gasteiger partial charge is 0.328 e. The van der Waals surface area contributed by atoms with E-state index in [1.807, 2.05) is 42.6 Å². The Labute approximate surface area is 163 Å². The monoisotopic (exact) mass is 381 g/mol. The zero-order valence-electron chi connectivity index (χ0n) is 15.1. The van der Waals surface area contributed by atoms with Crippen LogP contribution in [0.1, 0.15) is 28.8 Å². The summed E-state index contributed by atoms with van der Waals surface area (Å²) < 4.78 is 4.83. The van der Waals surface area contributed by atoms with Gasteiger partial charge < -0.3 is 9.64 Å². The zero-order valence-corrected chi connectivity index (χ0v) is 15.9. The molecule has 2 aromatic carbocycles. The van der Waals surface area contributed by atoms with E-state index in [-0.39, 0.29) is 17.7 Å². The Hall–Kier alpha value is -2.85. The fourth-order valence-electron chi connectivity index (χ4n) is 3.03. The molecule has 2 aromatic rings. The Morgan fingerprint density at radius 1 is 1.07 bits per heavy atom. The lowest BCUT2D eigenvalue weighted by atomic mass is 9.85. The van der Waals surface area contributed by atoms with Crippen LogP contribution in [0.25, 0.3) is 0 Å². The summed E-state index contributed by atoms with van der Waals surface area (Å²) in [6.07, 6.45) is 5.48. The van der Waals surface area contributed by atoms with Crippen molar-refractivity contribution in [1.82, 2.24) is 4.90 Å². The standard InChI is InChI=1S/C22H20ClNO3/c1-15(22(26)27-2)24-13-12-19(16-6-4-3-5-7-16)20(14-24)21(25)17-8-10-18(23)11-9-17/h3-15,19H,1-2H3. The number of allylic oxidation sites excluding steroid dienone is 2. The van der Waals surface area contributed by atoms with E-state index in [1.165, 1.54) is 7.11 Å². The Morgan fingerprint density at radius 2 is 1.74 bits per heavy atom. The molecule has 1 heterocycles. The van der Waals surface area contributed by atoms with Gasteiger partial charge in [-0.2, -0.15) is 0 Å². The third-order valence-electron chi connectivity index (χ3n) is 4.59. The number of esters is 1. The average Bonchev–Trinajstić information content (AvgIpc) is 2.73. The first-order valence-electron chi connectivity index (χ1n) is 8.61. The molecule has 3 rings (SSSR count). The van der Waals surface area contributed by atoms with Crippen molar-refractivity contribution < 1.29 is 14.3 Å². The van der Waals surface area contributed by atoms with Crippen LogP contribution in [0, 0.1) is 0 Å². The molecule has 0 saturated carbocycles. The minimum Gasteiger partial charge on any atom is -0.467 e. The maximum atomic E-state index is 13.2. The van der Waals surface area contributed by atoms with Crippen molar-refractivity contribution >= 4 is 23.4 Å². The van der Waals surface area contributed by atoms with Crippen molar-refractivity contribution in [2.24, 2.45) is 0 Å². The lowest BCUT2D eigenvalue weighted by molar-refractivity contribution is -0.144. The number of carbonyl (C=O) groups excluding carboxylic acids is 2. The first-order chi connectivity index (χ1) is 13.0. The van der Waals surface area contributed by atoms with E-state index in [4.69, 9.17) is 16.3 Å². The second kappa shape index (κ2) is 8.23. The molecule has 0 N–H and O–H groups in total. The quantitative estimate of drug-likeness (QED) is 0.561. The van der Waals surface area contributed by atoms with E-state index in [0.29, 0.717) is 16.2 Å². The molecule has 0 radical (unpaired) electrons. The Morgan fingerprint density at radius 3 is 2.37 bits per heavy atom. The first kappa shape index (κ1) is 18.9. The van der Waals surface area contributed by atoms with Crippen LogP contribution in [-0.4, -0.2) is 29.8 Å². The number of carbonyl (C=O) groups is 2. The number of methoxy groups -OCH3 is 1. The highest BCUT2D eigenvalue weighted by Crippen LogP contribution is 2.33. The molecule has 138 valence electrons. The van der Waals surface area contributed by atoms with Crippen molar-refractivity contribution in [3.05, 3.63) is 94.8 Å². The van der Waals surface area contributed by atoms with Gasteiger partial charge in [-0.25, -0.2) is 4.79 Å². The van der Waals surface area contributed by atoms with Gasteiger partial charge in [-0.1, -0.05) is 48.0 Å². The van der Waals surface area contributed by atoms with Crippen molar-refractivity contribution in [2.45, 2.75) is 18.9 Å². The molecule has 0 bridgehead atoms. The highest BCUT2D eigenvalue weighted by atomic mass is 35.5. The second-order valence-corrected chi connectivity index (χ2v) is 6.73. The lowest BCUT2D eigenvalue weighted by Gasteiger charge is -2.29. The SMILES string of the molecule is COC(=O)C(C)N1C=CC(c2ccccc2)C(C(=O)c2ccc(Cl)cc2)=C1. The molecule has 1 aliphatic heterocycles. The Balaban J connectivity index is 2.00. The van der Waals surface area contributed by atoms with Gasteiger partial charge in [0.05, 0.1) is 7.11 Å². The number of hydrogen-bond donors (Lipinski definition) is 0. The highest BCUT2D eigenvalue weighted by molar-refractivity contribution is 6.30. The Bertz CT molecular complexity index is 888. The van der Waals surface area contributed by atoms with Gasteiger partial charge in [0, 0.05) is 34.5 Å². The van der Waals surface area contributed by atoms with Gasteiger partial charge in [0.15, 0.2) is 5.78 Å². The number of benzene rings is 2. The molecule has 0 spiro atoms. The molecule has 0 aromatic heterocycles. The summed E-state index contributed by atoms with van der Waals surface area (Å²) in [5.41, 5.74) is 2.14. The van der Waals surface area contributed by atoms with Gasteiger partial charge in [-0.3, -0.25) is 4.79 Å². The van der Waals surface area contributed by atoms with Crippen molar-refractivity contribution in [1.29, 1.82) is 0 Å². The number of rotatable bonds is 5. The van der Waals surface area contributed by atoms with Crippen molar-refractivity contribution in [3.8, 4) is 0 Å². The van der Waals surface area contributed by atoms with Gasteiger partial charge in [0.1, 0.15) is 6.04 Å². The normalized spacial score (nSPS) is 17.2. The van der Waals surface area contributed by atoms with Crippen molar-refractivity contribution in [3.63, 3.8) is 0 Å². The van der Waals surface area contributed by atoms with Crippen molar-refractivity contribution in [2.75, 3.05) is 7.11 Å². The number of ketones is 1. The number of nitrogens with zero attached hydrogens (tertiary/aromatic N) is 1. The van der Waals surface area contributed by atoms with E-state index in [2.05, 4.69) is 0 Å². The van der Waals surface area contributed by atoms with Crippen LogP contribution in [0.4, 0.5) is 0 Å². The van der Waals surface area contributed by atoms with E-state index in [1.54, 1.807) is 42.3 Å². The molecular formula is C22H20ClNO3. The lowest BCUT2D eigenvalue weighted by Crippen LogP contribution is -2.35. The van der Waals surface area contributed by atoms with Crippen LogP contribution >= 0.6 is 11.6 Å². The molecule has 4 nitrogen and oxygen atoms in total. The molecule has 2 atom stereocenters. The molecule has 27 heavy (non-hydrogen) atoms. The number of ether oxygens (including phenoxy) is 1. The third kappa shape index (κ3) is 4.12. The summed E-state index contributed by atoms with van der Waals surface area (Å²) in [4.78, 5) is 26.8. The maximum absolute atomic E-state index is 13.2. The van der Waals surface area contributed by atoms with Crippen LogP contribution in [0.5, 0.6) is 0 Å².